The first kappa shape index (κ1) is 26.8. The summed E-state index contributed by atoms with van der Waals surface area (Å²) < 4.78 is 11.2. The van der Waals surface area contributed by atoms with E-state index in [1.54, 1.807) is 23.9 Å². The molecule has 1 saturated heterocycles. The Bertz CT molecular complexity index is 814. The van der Waals surface area contributed by atoms with Gasteiger partial charge in [0.25, 0.3) is 5.69 Å². The number of nitro benzene ring substituents is 1. The summed E-state index contributed by atoms with van der Waals surface area (Å²) in [7, 11) is -1.96. The number of esters is 1. The lowest BCUT2D eigenvalue weighted by molar-refractivity contribution is -0.935. The molecule has 0 bridgehead atoms. The SMILES string of the molecule is CCS[C@@H]1[C@H]([C@@H](C)O[Si](C)(C)C(C)(C)C)C[N+]1([O-])CC(=O)OCc1ccc([N+](=O)[O-])cc1. The second-order valence-electron chi connectivity index (χ2n) is 9.97. The van der Waals surface area contributed by atoms with Gasteiger partial charge in [-0.15, -0.1) is 0 Å². The van der Waals surface area contributed by atoms with Crippen LogP contribution in [0.2, 0.25) is 18.1 Å². The average Bonchev–Trinajstić information content (AvgIpc) is 2.68. The van der Waals surface area contributed by atoms with E-state index in [1.165, 1.54) is 12.1 Å². The van der Waals surface area contributed by atoms with Crippen LogP contribution in [0.5, 0.6) is 0 Å². The topological polar surface area (TPSA) is 102 Å². The van der Waals surface area contributed by atoms with Gasteiger partial charge in [-0.25, -0.2) is 4.79 Å². The van der Waals surface area contributed by atoms with E-state index in [0.29, 0.717) is 12.1 Å². The molecular weight excluding hydrogens is 448 g/mol. The van der Waals surface area contributed by atoms with Crippen molar-refractivity contribution in [2.45, 2.75) is 70.8 Å². The minimum absolute atomic E-state index is 0.0171. The monoisotopic (exact) mass is 484 g/mol. The average molecular weight is 485 g/mol. The van der Waals surface area contributed by atoms with Gasteiger partial charge in [-0.1, -0.05) is 39.5 Å². The molecule has 4 atom stereocenters. The Labute approximate surface area is 196 Å². The first-order chi connectivity index (χ1) is 14.7. The van der Waals surface area contributed by atoms with Crippen LogP contribution in [0, 0.1) is 21.2 Å². The molecule has 1 unspecified atom stereocenters. The molecule has 1 aromatic carbocycles. The van der Waals surface area contributed by atoms with Crippen molar-refractivity contribution in [1.29, 1.82) is 0 Å². The molecule has 10 heteroatoms. The number of quaternary nitrogens is 1. The zero-order valence-corrected chi connectivity index (χ0v) is 21.9. The number of carbonyl (C=O) groups is 1. The predicted octanol–water partition coefficient (Wildman–Crippen LogP) is 5.07. The van der Waals surface area contributed by atoms with Crippen molar-refractivity contribution in [1.82, 2.24) is 0 Å². The first-order valence-electron chi connectivity index (χ1n) is 11.0. The van der Waals surface area contributed by atoms with Crippen LogP contribution in [0.3, 0.4) is 0 Å². The van der Waals surface area contributed by atoms with Crippen molar-refractivity contribution in [2.75, 3.05) is 18.8 Å². The lowest BCUT2D eigenvalue weighted by Gasteiger charge is -2.61. The number of hydrogen-bond acceptors (Lipinski definition) is 7. The van der Waals surface area contributed by atoms with E-state index in [-0.39, 0.29) is 41.3 Å². The van der Waals surface area contributed by atoms with Crippen LogP contribution < -0.4 is 0 Å². The Balaban J connectivity index is 1.95. The molecule has 180 valence electrons. The molecule has 1 aromatic rings. The van der Waals surface area contributed by atoms with Gasteiger partial charge in [0, 0.05) is 12.1 Å². The Morgan fingerprint density at radius 1 is 1.31 bits per heavy atom. The Kier molecular flexibility index (Phi) is 8.55. The van der Waals surface area contributed by atoms with Gasteiger partial charge in [0.15, 0.2) is 14.9 Å². The summed E-state index contributed by atoms with van der Waals surface area (Å²) in [5.41, 5.74) is 0.614. The van der Waals surface area contributed by atoms with E-state index in [1.807, 2.05) is 13.8 Å². The van der Waals surface area contributed by atoms with Gasteiger partial charge in [0.1, 0.15) is 12.0 Å². The van der Waals surface area contributed by atoms with Gasteiger partial charge >= 0.3 is 5.97 Å². The summed E-state index contributed by atoms with van der Waals surface area (Å²) in [6.07, 6.45) is -0.0451. The quantitative estimate of drug-likeness (QED) is 0.114. The summed E-state index contributed by atoms with van der Waals surface area (Å²) in [6, 6.07) is 5.82. The normalized spacial score (nSPS) is 24.5. The number of carbonyl (C=O) groups excluding carboxylic acids is 1. The van der Waals surface area contributed by atoms with Crippen molar-refractivity contribution < 1.29 is 23.5 Å². The van der Waals surface area contributed by atoms with E-state index in [2.05, 4.69) is 33.9 Å². The van der Waals surface area contributed by atoms with Crippen LogP contribution in [0.25, 0.3) is 0 Å². The van der Waals surface area contributed by atoms with Crippen molar-refractivity contribution >= 4 is 31.7 Å². The molecule has 1 heterocycles. The number of benzene rings is 1. The minimum Gasteiger partial charge on any atom is -0.632 e. The van der Waals surface area contributed by atoms with Gasteiger partial charge in [-0.3, -0.25) is 10.1 Å². The van der Waals surface area contributed by atoms with E-state index in [0.717, 1.165) is 5.75 Å². The Morgan fingerprint density at radius 2 is 1.91 bits per heavy atom. The van der Waals surface area contributed by atoms with Crippen LogP contribution in [-0.2, 0) is 20.6 Å². The van der Waals surface area contributed by atoms with Gasteiger partial charge in [0.2, 0.25) is 0 Å². The van der Waals surface area contributed by atoms with Gasteiger partial charge < -0.3 is 19.0 Å². The highest BCUT2D eigenvalue weighted by Crippen LogP contribution is 2.45. The second-order valence-corrected chi connectivity index (χ2v) is 16.1. The van der Waals surface area contributed by atoms with Crippen LogP contribution in [0.1, 0.15) is 40.2 Å². The van der Waals surface area contributed by atoms with Crippen molar-refractivity contribution in [3.05, 3.63) is 45.2 Å². The number of hydrogen-bond donors (Lipinski definition) is 0. The number of rotatable bonds is 10. The number of ether oxygens (including phenoxy) is 1. The van der Waals surface area contributed by atoms with Crippen LogP contribution in [0.15, 0.2) is 24.3 Å². The maximum Gasteiger partial charge on any atom is 0.362 e. The summed E-state index contributed by atoms with van der Waals surface area (Å²) >= 11 is 1.58. The molecule has 0 aliphatic carbocycles. The highest BCUT2D eigenvalue weighted by atomic mass is 32.2. The molecule has 1 fully saturated rings. The Morgan fingerprint density at radius 3 is 2.41 bits per heavy atom. The van der Waals surface area contributed by atoms with E-state index >= 15 is 0 Å². The molecule has 1 aliphatic rings. The van der Waals surface area contributed by atoms with Crippen molar-refractivity contribution in [2.24, 2.45) is 5.92 Å². The lowest BCUT2D eigenvalue weighted by atomic mass is 9.93. The zero-order chi connectivity index (χ0) is 24.3. The summed E-state index contributed by atoms with van der Waals surface area (Å²) in [4.78, 5) is 22.7. The van der Waals surface area contributed by atoms with Crippen molar-refractivity contribution in [3.8, 4) is 0 Å². The number of thioether (sulfide) groups is 1. The maximum atomic E-state index is 13.4. The van der Waals surface area contributed by atoms with Gasteiger partial charge in [-0.2, -0.15) is 0 Å². The van der Waals surface area contributed by atoms with E-state index in [4.69, 9.17) is 9.16 Å². The number of hydroxylamine groups is 3. The highest BCUT2D eigenvalue weighted by Gasteiger charge is 2.54. The Hall–Kier alpha value is -1.46. The molecular formula is C22H36N2O6SSi. The smallest absolute Gasteiger partial charge is 0.362 e. The third-order valence-electron chi connectivity index (χ3n) is 6.52. The fourth-order valence-electron chi connectivity index (χ4n) is 3.60. The highest BCUT2D eigenvalue weighted by molar-refractivity contribution is 7.99. The predicted molar refractivity (Wildman–Crippen MR) is 129 cm³/mol. The first-order valence-corrected chi connectivity index (χ1v) is 14.9. The molecule has 8 nitrogen and oxygen atoms in total. The molecule has 0 aromatic heterocycles. The number of nitrogens with zero attached hydrogens (tertiary/aromatic N) is 2. The fraction of sp³-hybridized carbons (Fsp3) is 0.682. The summed E-state index contributed by atoms with van der Waals surface area (Å²) in [5, 5.41) is 24.0. The molecule has 0 spiro atoms. The largest absolute Gasteiger partial charge is 0.632 e. The fourth-order valence-corrected chi connectivity index (χ4v) is 6.38. The second kappa shape index (κ2) is 10.2. The summed E-state index contributed by atoms with van der Waals surface area (Å²) in [5.74, 6) is 0.319. The van der Waals surface area contributed by atoms with Crippen LogP contribution in [-0.4, -0.2) is 54.2 Å². The maximum absolute atomic E-state index is 13.4. The number of likely N-dealkylation sites (tertiary alicyclic amines) is 1. The molecule has 1 aliphatic heterocycles. The third-order valence-corrected chi connectivity index (χ3v) is 12.5. The molecule has 2 rings (SSSR count). The molecule has 0 radical (unpaired) electrons. The van der Waals surface area contributed by atoms with E-state index in [9.17, 15) is 20.1 Å². The minimum atomic E-state index is -1.96. The molecule has 32 heavy (non-hydrogen) atoms. The molecule has 0 N–H and O–H groups in total. The van der Waals surface area contributed by atoms with Crippen molar-refractivity contribution in [3.63, 3.8) is 0 Å². The molecule has 0 amide bonds. The standard InChI is InChI=1S/C22H36N2O6SSi/c1-8-31-21-19(16(2)30-32(6,7)22(3,4)5)13-24(21,28)14-20(25)29-15-17-9-11-18(12-10-17)23(26)27/h9-12,16,19,21H,8,13-15H2,1-7H3/t16-,19+,21-,24?/m1/s1. The van der Waals surface area contributed by atoms with Gasteiger partial charge in [0.05, 0.1) is 23.5 Å². The number of nitro groups is 1. The lowest BCUT2D eigenvalue weighted by Crippen LogP contribution is -2.70. The third kappa shape index (κ3) is 6.32. The summed E-state index contributed by atoms with van der Waals surface area (Å²) in [6.45, 7) is 15.1. The van der Waals surface area contributed by atoms with Gasteiger partial charge in [-0.05, 0) is 48.5 Å². The zero-order valence-electron chi connectivity index (χ0n) is 20.1. The molecule has 0 saturated carbocycles. The van der Waals surface area contributed by atoms with Crippen LogP contribution in [0.4, 0.5) is 5.69 Å². The van der Waals surface area contributed by atoms with Crippen LogP contribution >= 0.6 is 11.8 Å². The van der Waals surface area contributed by atoms with E-state index < -0.39 is 23.9 Å². The number of non-ortho nitro benzene ring substituents is 1.